The van der Waals surface area contributed by atoms with E-state index in [4.69, 9.17) is 9.40 Å². The van der Waals surface area contributed by atoms with Gasteiger partial charge in [0.05, 0.1) is 30.2 Å². The van der Waals surface area contributed by atoms with Crippen molar-refractivity contribution in [2.45, 2.75) is 45.3 Å². The van der Waals surface area contributed by atoms with Gasteiger partial charge in [-0.25, -0.2) is 4.98 Å². The molecule has 5 rings (SSSR count). The number of pyridine rings is 1. The van der Waals surface area contributed by atoms with E-state index in [0.717, 1.165) is 43.1 Å². The number of aromatic nitrogens is 3. The first-order valence-electron chi connectivity index (χ1n) is 11.0. The lowest BCUT2D eigenvalue weighted by molar-refractivity contribution is -0.136. The van der Waals surface area contributed by atoms with Gasteiger partial charge in [0, 0.05) is 56.7 Å². The molecule has 7 nitrogen and oxygen atoms in total. The molecule has 7 heteroatoms. The van der Waals surface area contributed by atoms with Crippen molar-refractivity contribution in [3.05, 3.63) is 72.5 Å². The van der Waals surface area contributed by atoms with E-state index in [0.29, 0.717) is 19.1 Å². The van der Waals surface area contributed by atoms with Gasteiger partial charge in [-0.1, -0.05) is 0 Å². The minimum atomic E-state index is -0.435. The van der Waals surface area contributed by atoms with E-state index < -0.39 is 5.41 Å². The molecule has 2 aliphatic rings. The number of amides is 1. The lowest BCUT2D eigenvalue weighted by atomic mass is 9.75. The Hall–Kier alpha value is -2.93. The molecule has 31 heavy (non-hydrogen) atoms. The Labute approximate surface area is 182 Å². The molecule has 5 heterocycles. The van der Waals surface area contributed by atoms with Crippen LogP contribution in [0.15, 0.2) is 59.9 Å². The highest BCUT2D eigenvalue weighted by Crippen LogP contribution is 2.50. The number of furan rings is 1. The number of carbonyl (C=O) groups excluding carboxylic acids is 1. The smallest absolute Gasteiger partial charge is 0.231 e. The second-order valence-electron chi connectivity index (χ2n) is 9.13. The number of carbonyl (C=O) groups is 1. The molecule has 0 radical (unpaired) electrons. The molecule has 0 aliphatic carbocycles. The molecule has 2 saturated heterocycles. The molecule has 0 unspecified atom stereocenters. The van der Waals surface area contributed by atoms with E-state index in [1.165, 1.54) is 0 Å². The van der Waals surface area contributed by atoms with Crippen LogP contribution in [-0.4, -0.2) is 49.9 Å². The molecule has 0 saturated carbocycles. The Morgan fingerprint density at radius 3 is 2.77 bits per heavy atom. The number of hydrogen-bond acceptors (Lipinski definition) is 5. The van der Waals surface area contributed by atoms with Crippen LogP contribution in [0.25, 0.3) is 0 Å². The lowest BCUT2D eigenvalue weighted by Gasteiger charge is -2.28. The van der Waals surface area contributed by atoms with Gasteiger partial charge in [-0.05, 0) is 50.1 Å². The monoisotopic (exact) mass is 419 g/mol. The topological polar surface area (TPSA) is 67.4 Å². The molecule has 2 atom stereocenters. The Morgan fingerprint density at radius 1 is 1.23 bits per heavy atom. The average Bonchev–Trinajstić information content (AvgIpc) is 3.55. The largest absolute Gasteiger partial charge is 0.468 e. The third-order valence-electron chi connectivity index (χ3n) is 6.81. The van der Waals surface area contributed by atoms with Crippen LogP contribution in [0.1, 0.15) is 49.2 Å². The minimum Gasteiger partial charge on any atom is -0.468 e. The summed E-state index contributed by atoms with van der Waals surface area (Å²) >= 11 is 0. The van der Waals surface area contributed by atoms with Crippen LogP contribution in [0.2, 0.25) is 0 Å². The maximum Gasteiger partial charge on any atom is 0.231 e. The molecule has 3 aromatic heterocycles. The van der Waals surface area contributed by atoms with Crippen molar-refractivity contribution in [3.8, 4) is 0 Å². The minimum absolute atomic E-state index is 0.0809. The van der Waals surface area contributed by atoms with Crippen molar-refractivity contribution in [2.24, 2.45) is 5.41 Å². The van der Waals surface area contributed by atoms with Crippen LogP contribution in [0.3, 0.4) is 0 Å². The van der Waals surface area contributed by atoms with Crippen molar-refractivity contribution in [3.63, 3.8) is 0 Å². The molecule has 3 aromatic rings. The Bertz CT molecular complexity index is 1030. The second-order valence-corrected chi connectivity index (χ2v) is 9.13. The van der Waals surface area contributed by atoms with Gasteiger partial charge in [0.1, 0.15) is 5.76 Å². The predicted octanol–water partition coefficient (Wildman–Crippen LogP) is 3.47. The van der Waals surface area contributed by atoms with Gasteiger partial charge in [-0.15, -0.1) is 0 Å². The van der Waals surface area contributed by atoms with Gasteiger partial charge < -0.3 is 13.9 Å². The van der Waals surface area contributed by atoms with Crippen LogP contribution >= 0.6 is 0 Å². The van der Waals surface area contributed by atoms with Gasteiger partial charge in [0.25, 0.3) is 0 Å². The molecular formula is C24H29N5O2. The fourth-order valence-electron chi connectivity index (χ4n) is 5.13. The quantitative estimate of drug-likeness (QED) is 0.612. The summed E-state index contributed by atoms with van der Waals surface area (Å²) in [4.78, 5) is 27.0. The van der Waals surface area contributed by atoms with Crippen molar-refractivity contribution >= 4 is 5.91 Å². The fourth-order valence-corrected chi connectivity index (χ4v) is 5.13. The van der Waals surface area contributed by atoms with Crippen LogP contribution in [0.4, 0.5) is 0 Å². The molecule has 0 aromatic carbocycles. The fraction of sp³-hybridized carbons (Fsp3) is 0.458. The highest BCUT2D eigenvalue weighted by atomic mass is 16.3. The number of nitrogens with zero attached hydrogens (tertiary/aromatic N) is 5. The second kappa shape index (κ2) is 7.96. The van der Waals surface area contributed by atoms with Gasteiger partial charge in [-0.2, -0.15) is 0 Å². The Morgan fingerprint density at radius 2 is 2.06 bits per heavy atom. The maximum absolute atomic E-state index is 13.8. The SMILES string of the molecule is CC(C)n1cnc([C@@H]2CN(Cc3ccco3)C[C@@]23CCN(Cc2ccncc2)C3=O)c1. The molecule has 1 amide bonds. The third-order valence-corrected chi connectivity index (χ3v) is 6.81. The number of hydrogen-bond donors (Lipinski definition) is 0. The highest BCUT2D eigenvalue weighted by molar-refractivity contribution is 5.86. The van der Waals surface area contributed by atoms with Crippen LogP contribution < -0.4 is 0 Å². The van der Waals surface area contributed by atoms with E-state index in [2.05, 4.69) is 34.5 Å². The summed E-state index contributed by atoms with van der Waals surface area (Å²) in [5.74, 6) is 1.26. The molecule has 2 fully saturated rings. The molecule has 1 spiro atoms. The summed E-state index contributed by atoms with van der Waals surface area (Å²) in [5.41, 5.74) is 1.71. The summed E-state index contributed by atoms with van der Waals surface area (Å²) in [7, 11) is 0. The predicted molar refractivity (Wildman–Crippen MR) is 116 cm³/mol. The van der Waals surface area contributed by atoms with Gasteiger partial charge >= 0.3 is 0 Å². The van der Waals surface area contributed by atoms with Gasteiger partial charge in [-0.3, -0.25) is 14.7 Å². The normalized spacial score (nSPS) is 24.2. The van der Waals surface area contributed by atoms with Crippen LogP contribution in [0.5, 0.6) is 0 Å². The van der Waals surface area contributed by atoms with Gasteiger partial charge in [0.15, 0.2) is 0 Å². The highest BCUT2D eigenvalue weighted by Gasteiger charge is 2.57. The summed E-state index contributed by atoms with van der Waals surface area (Å²) in [6, 6.07) is 8.23. The van der Waals surface area contributed by atoms with Crippen LogP contribution in [0, 0.1) is 5.41 Å². The van der Waals surface area contributed by atoms with E-state index in [1.807, 2.05) is 35.5 Å². The first-order valence-corrected chi connectivity index (χ1v) is 11.0. The molecule has 162 valence electrons. The van der Waals surface area contributed by atoms with Crippen molar-refractivity contribution in [1.29, 1.82) is 0 Å². The van der Waals surface area contributed by atoms with Crippen molar-refractivity contribution < 1.29 is 9.21 Å². The summed E-state index contributed by atoms with van der Waals surface area (Å²) in [6.45, 7) is 7.97. The number of rotatable bonds is 6. The zero-order chi connectivity index (χ0) is 21.4. The zero-order valence-corrected chi connectivity index (χ0v) is 18.1. The summed E-state index contributed by atoms with van der Waals surface area (Å²) in [5, 5.41) is 0. The van der Waals surface area contributed by atoms with Crippen molar-refractivity contribution in [1.82, 2.24) is 24.3 Å². The number of likely N-dealkylation sites (tertiary alicyclic amines) is 2. The maximum atomic E-state index is 13.8. The first-order chi connectivity index (χ1) is 15.0. The molecule has 2 aliphatic heterocycles. The summed E-state index contributed by atoms with van der Waals surface area (Å²) < 4.78 is 7.72. The first kappa shape index (κ1) is 20.0. The number of imidazole rings is 1. The third kappa shape index (κ3) is 3.67. The molecule has 0 bridgehead atoms. The lowest BCUT2D eigenvalue weighted by Crippen LogP contribution is -2.39. The van der Waals surface area contributed by atoms with E-state index >= 15 is 0 Å². The zero-order valence-electron chi connectivity index (χ0n) is 18.1. The Kier molecular flexibility index (Phi) is 5.14. The average molecular weight is 420 g/mol. The molecule has 0 N–H and O–H groups in total. The molecular weight excluding hydrogens is 390 g/mol. The Balaban J connectivity index is 1.43. The van der Waals surface area contributed by atoms with E-state index in [1.54, 1.807) is 18.7 Å². The van der Waals surface area contributed by atoms with Gasteiger partial charge in [0.2, 0.25) is 5.91 Å². The van der Waals surface area contributed by atoms with E-state index in [-0.39, 0.29) is 11.8 Å². The van der Waals surface area contributed by atoms with E-state index in [9.17, 15) is 4.79 Å². The standard InChI is InChI=1S/C24H29N5O2/c1-18(2)29-15-22(26-17-29)21-14-27(13-20-4-3-11-31-20)16-24(21)7-10-28(23(24)30)12-19-5-8-25-9-6-19/h3-6,8-9,11,15,17-18,21H,7,10,12-14,16H2,1-2H3/t21-,24-/m0/s1. The van der Waals surface area contributed by atoms with Crippen LogP contribution in [-0.2, 0) is 17.9 Å². The van der Waals surface area contributed by atoms with Crippen molar-refractivity contribution in [2.75, 3.05) is 19.6 Å². The summed E-state index contributed by atoms with van der Waals surface area (Å²) in [6.07, 6.45) is 10.2.